The molecule has 22 heavy (non-hydrogen) atoms. The fourth-order valence-corrected chi connectivity index (χ4v) is 4.59. The van der Waals surface area contributed by atoms with E-state index in [0.717, 1.165) is 18.4 Å². The van der Waals surface area contributed by atoms with Crippen molar-refractivity contribution in [2.24, 2.45) is 10.9 Å². The summed E-state index contributed by atoms with van der Waals surface area (Å²) >= 11 is 1.90. The van der Waals surface area contributed by atoms with Crippen molar-refractivity contribution in [3.63, 3.8) is 0 Å². The Labute approximate surface area is 138 Å². The van der Waals surface area contributed by atoms with Crippen molar-refractivity contribution in [3.05, 3.63) is 15.6 Å². The lowest BCUT2D eigenvalue weighted by molar-refractivity contribution is 0.470. The Balaban J connectivity index is 1.56. The van der Waals surface area contributed by atoms with Crippen LogP contribution in [0.2, 0.25) is 0 Å². The van der Waals surface area contributed by atoms with Gasteiger partial charge in [0.1, 0.15) is 5.01 Å². The summed E-state index contributed by atoms with van der Waals surface area (Å²) in [6.45, 7) is 3.13. The molecule has 1 aromatic rings. The highest BCUT2D eigenvalue weighted by molar-refractivity contribution is 7.11. The summed E-state index contributed by atoms with van der Waals surface area (Å²) in [6.07, 6.45) is 8.93. The lowest BCUT2D eigenvalue weighted by Gasteiger charge is -2.21. The molecular weight excluding hydrogens is 292 g/mol. The number of aromatic nitrogens is 1. The Hall–Kier alpha value is -1.10. The minimum absolute atomic E-state index is 0.630. The largest absolute Gasteiger partial charge is 0.353 e. The van der Waals surface area contributed by atoms with Gasteiger partial charge in [0.2, 0.25) is 0 Å². The minimum Gasteiger partial charge on any atom is -0.353 e. The quantitative estimate of drug-likeness (QED) is 0.669. The number of guanidine groups is 1. The first-order valence-corrected chi connectivity index (χ1v) is 9.44. The summed E-state index contributed by atoms with van der Waals surface area (Å²) in [5, 5.41) is 4.84. The maximum atomic E-state index is 4.84. The van der Waals surface area contributed by atoms with Crippen molar-refractivity contribution >= 4 is 17.3 Å². The summed E-state index contributed by atoms with van der Waals surface area (Å²) < 4.78 is 0. The van der Waals surface area contributed by atoms with Crippen molar-refractivity contribution in [1.82, 2.24) is 15.2 Å². The third kappa shape index (κ3) is 3.62. The molecule has 1 N–H and O–H groups in total. The lowest BCUT2D eigenvalue weighted by Crippen LogP contribution is -2.40. The first kappa shape index (κ1) is 15.8. The number of aryl methyl sites for hydroxylation is 2. The molecule has 1 heterocycles. The van der Waals surface area contributed by atoms with Gasteiger partial charge in [-0.3, -0.25) is 4.99 Å². The molecule has 0 bridgehead atoms. The Bertz CT molecular complexity index is 513. The van der Waals surface area contributed by atoms with Crippen molar-refractivity contribution < 1.29 is 0 Å². The van der Waals surface area contributed by atoms with Crippen LogP contribution in [0.15, 0.2) is 4.99 Å². The molecule has 3 rings (SSSR count). The van der Waals surface area contributed by atoms with E-state index >= 15 is 0 Å². The van der Waals surface area contributed by atoms with Gasteiger partial charge in [0.25, 0.3) is 0 Å². The Morgan fingerprint density at radius 1 is 1.41 bits per heavy atom. The van der Waals surface area contributed by atoms with Gasteiger partial charge in [0.15, 0.2) is 5.96 Å². The summed E-state index contributed by atoms with van der Waals surface area (Å²) in [7, 11) is 4.00. The molecule has 5 heteroatoms. The van der Waals surface area contributed by atoms with E-state index in [0.29, 0.717) is 6.04 Å². The second-order valence-corrected chi connectivity index (χ2v) is 7.79. The second-order valence-electron chi connectivity index (χ2n) is 6.62. The molecule has 1 aromatic heterocycles. The van der Waals surface area contributed by atoms with E-state index < -0.39 is 0 Å². The Kier molecular flexibility index (Phi) is 5.01. The summed E-state index contributed by atoms with van der Waals surface area (Å²) in [4.78, 5) is 13.0. The standard InChI is InChI=1S/C17H28N4S/c1-4-7-12-10-14(12)20-17(18-2)21(3)11-16-19-13-8-5-6-9-15(13)22-16/h12,14H,4-11H2,1-3H3,(H,18,20). The van der Waals surface area contributed by atoms with Gasteiger partial charge in [-0.1, -0.05) is 13.3 Å². The molecule has 2 aliphatic carbocycles. The van der Waals surface area contributed by atoms with Crippen LogP contribution < -0.4 is 5.32 Å². The van der Waals surface area contributed by atoms with Gasteiger partial charge in [-0.25, -0.2) is 4.98 Å². The molecule has 2 atom stereocenters. The van der Waals surface area contributed by atoms with Crippen LogP contribution in [0.5, 0.6) is 0 Å². The average Bonchev–Trinajstić information content (AvgIpc) is 3.11. The fourth-order valence-electron chi connectivity index (χ4n) is 3.38. The summed E-state index contributed by atoms with van der Waals surface area (Å²) in [5.41, 5.74) is 1.35. The van der Waals surface area contributed by atoms with E-state index in [1.54, 1.807) is 0 Å². The van der Waals surface area contributed by atoms with Crippen LogP contribution in [0, 0.1) is 5.92 Å². The summed E-state index contributed by atoms with van der Waals surface area (Å²) in [5.74, 6) is 1.86. The Morgan fingerprint density at radius 3 is 2.95 bits per heavy atom. The highest BCUT2D eigenvalue weighted by Crippen LogP contribution is 2.34. The van der Waals surface area contributed by atoms with E-state index in [9.17, 15) is 0 Å². The molecule has 122 valence electrons. The van der Waals surface area contributed by atoms with Crippen molar-refractivity contribution in [2.75, 3.05) is 14.1 Å². The maximum absolute atomic E-state index is 4.84. The van der Waals surface area contributed by atoms with E-state index in [2.05, 4.69) is 29.2 Å². The molecule has 2 unspecified atom stereocenters. The topological polar surface area (TPSA) is 40.5 Å². The van der Waals surface area contributed by atoms with Gasteiger partial charge in [-0.15, -0.1) is 11.3 Å². The zero-order chi connectivity index (χ0) is 15.5. The molecule has 4 nitrogen and oxygen atoms in total. The van der Waals surface area contributed by atoms with Crippen LogP contribution in [-0.4, -0.2) is 36.0 Å². The van der Waals surface area contributed by atoms with E-state index in [1.165, 1.54) is 60.5 Å². The Morgan fingerprint density at radius 2 is 2.23 bits per heavy atom. The number of thiazole rings is 1. The van der Waals surface area contributed by atoms with Crippen molar-refractivity contribution in [2.45, 2.75) is 64.5 Å². The highest BCUT2D eigenvalue weighted by atomic mass is 32.1. The zero-order valence-electron chi connectivity index (χ0n) is 14.1. The molecule has 2 aliphatic rings. The van der Waals surface area contributed by atoms with Gasteiger partial charge in [0, 0.05) is 25.0 Å². The van der Waals surface area contributed by atoms with Crippen molar-refractivity contribution in [3.8, 4) is 0 Å². The molecule has 0 amide bonds. The van der Waals surface area contributed by atoms with Crippen LogP contribution in [0.3, 0.4) is 0 Å². The normalized spacial score (nSPS) is 24.0. The molecule has 1 fully saturated rings. The molecule has 0 saturated heterocycles. The summed E-state index contributed by atoms with van der Waals surface area (Å²) in [6, 6.07) is 0.630. The zero-order valence-corrected chi connectivity index (χ0v) is 14.9. The van der Waals surface area contributed by atoms with Gasteiger partial charge in [-0.05, 0) is 44.4 Å². The highest BCUT2D eigenvalue weighted by Gasteiger charge is 2.37. The first-order chi connectivity index (χ1) is 10.7. The molecule has 0 aliphatic heterocycles. The van der Waals surface area contributed by atoms with Gasteiger partial charge < -0.3 is 10.2 Å². The van der Waals surface area contributed by atoms with Gasteiger partial charge >= 0.3 is 0 Å². The van der Waals surface area contributed by atoms with Crippen LogP contribution in [0.4, 0.5) is 0 Å². The number of hydrogen-bond donors (Lipinski definition) is 1. The molecule has 0 spiro atoms. The van der Waals surface area contributed by atoms with Gasteiger partial charge in [-0.2, -0.15) is 0 Å². The number of fused-ring (bicyclic) bond motifs is 1. The number of hydrogen-bond acceptors (Lipinski definition) is 3. The third-order valence-electron chi connectivity index (χ3n) is 4.73. The molecule has 1 saturated carbocycles. The van der Waals surface area contributed by atoms with E-state index in [4.69, 9.17) is 4.98 Å². The van der Waals surface area contributed by atoms with Crippen LogP contribution in [0.25, 0.3) is 0 Å². The number of nitrogens with zero attached hydrogens (tertiary/aromatic N) is 3. The minimum atomic E-state index is 0.630. The fraction of sp³-hybridized carbons (Fsp3) is 0.765. The SMILES string of the molecule is CCCC1CC1NC(=NC)N(C)Cc1nc2c(s1)CCCC2. The predicted octanol–water partition coefficient (Wildman–Crippen LogP) is 3.22. The number of nitrogens with one attached hydrogen (secondary N) is 1. The number of rotatable bonds is 5. The second kappa shape index (κ2) is 6.99. The predicted molar refractivity (Wildman–Crippen MR) is 93.5 cm³/mol. The van der Waals surface area contributed by atoms with Gasteiger partial charge in [0.05, 0.1) is 12.2 Å². The van der Waals surface area contributed by atoms with Crippen LogP contribution in [-0.2, 0) is 19.4 Å². The monoisotopic (exact) mass is 320 g/mol. The van der Waals surface area contributed by atoms with Crippen LogP contribution >= 0.6 is 11.3 Å². The molecular formula is C17H28N4S. The smallest absolute Gasteiger partial charge is 0.193 e. The average molecular weight is 321 g/mol. The van der Waals surface area contributed by atoms with Crippen LogP contribution in [0.1, 0.15) is 54.6 Å². The van der Waals surface area contributed by atoms with E-state index in [1.807, 2.05) is 18.4 Å². The number of aliphatic imine (C=N–C) groups is 1. The van der Waals surface area contributed by atoms with Crippen molar-refractivity contribution in [1.29, 1.82) is 0 Å². The lowest BCUT2D eigenvalue weighted by atomic mass is 10.0. The molecule has 0 radical (unpaired) electrons. The molecule has 0 aromatic carbocycles. The third-order valence-corrected chi connectivity index (χ3v) is 5.87. The maximum Gasteiger partial charge on any atom is 0.193 e. The first-order valence-electron chi connectivity index (χ1n) is 8.63. The van der Waals surface area contributed by atoms with E-state index in [-0.39, 0.29) is 0 Å².